The maximum Gasteiger partial charge on any atom is 0.373 e. The molecule has 0 aliphatic carbocycles. The van der Waals surface area contributed by atoms with Gasteiger partial charge in [-0.15, -0.1) is 0 Å². The second kappa shape index (κ2) is 9.21. The van der Waals surface area contributed by atoms with Crippen molar-refractivity contribution in [1.29, 1.82) is 0 Å². The van der Waals surface area contributed by atoms with Gasteiger partial charge in [0.05, 0.1) is 23.3 Å². The van der Waals surface area contributed by atoms with Crippen LogP contribution in [0.4, 0.5) is 17.2 Å². The number of nitro groups is 1. The van der Waals surface area contributed by atoms with Crippen molar-refractivity contribution in [3.8, 4) is 11.6 Å². The quantitative estimate of drug-likeness (QED) is 0.302. The molecule has 0 radical (unpaired) electrons. The van der Waals surface area contributed by atoms with Crippen LogP contribution in [0.1, 0.15) is 35.7 Å². The minimum Gasteiger partial charge on any atom is -0.465 e. The summed E-state index contributed by atoms with van der Waals surface area (Å²) < 4.78 is 10.5. The number of carbonyl (C=O) groups excluding carboxylic acids is 1. The summed E-state index contributed by atoms with van der Waals surface area (Å²) in [6.45, 7) is 4.14. The van der Waals surface area contributed by atoms with E-state index in [0.717, 1.165) is 5.56 Å². The zero-order valence-electron chi connectivity index (χ0n) is 17.6. The monoisotopic (exact) mass is 422 g/mol. The van der Waals surface area contributed by atoms with Gasteiger partial charge in [-0.2, -0.15) is 4.98 Å². The molecule has 9 nitrogen and oxygen atoms in total. The molecule has 0 fully saturated rings. The van der Waals surface area contributed by atoms with Crippen LogP contribution in [0.25, 0.3) is 0 Å². The number of hydrogen-bond donors (Lipinski definition) is 0. The van der Waals surface area contributed by atoms with Gasteiger partial charge in [-0.1, -0.05) is 38.1 Å². The van der Waals surface area contributed by atoms with Gasteiger partial charge < -0.3 is 14.4 Å². The lowest BCUT2D eigenvalue weighted by Gasteiger charge is -2.20. The smallest absolute Gasteiger partial charge is 0.373 e. The van der Waals surface area contributed by atoms with Crippen LogP contribution in [0.5, 0.6) is 11.6 Å². The number of anilines is 2. The lowest BCUT2D eigenvalue weighted by Crippen LogP contribution is -2.18. The Bertz CT molecular complexity index is 1100. The number of para-hydroxylation sites is 1. The minimum atomic E-state index is -0.607. The van der Waals surface area contributed by atoms with Crippen molar-refractivity contribution in [3.05, 3.63) is 76.1 Å². The van der Waals surface area contributed by atoms with Gasteiger partial charge in [0.25, 0.3) is 0 Å². The van der Waals surface area contributed by atoms with Gasteiger partial charge in [-0.3, -0.25) is 10.1 Å². The molecule has 1 heterocycles. The summed E-state index contributed by atoms with van der Waals surface area (Å²) >= 11 is 0. The van der Waals surface area contributed by atoms with Crippen LogP contribution >= 0.6 is 0 Å². The Kier molecular flexibility index (Phi) is 6.44. The number of nitrogens with zero attached hydrogens (tertiary/aromatic N) is 4. The van der Waals surface area contributed by atoms with Gasteiger partial charge in [0, 0.05) is 7.05 Å². The molecule has 0 unspecified atom stereocenters. The summed E-state index contributed by atoms with van der Waals surface area (Å²) in [7, 11) is 2.83. The van der Waals surface area contributed by atoms with Gasteiger partial charge in [0.2, 0.25) is 5.82 Å². The van der Waals surface area contributed by atoms with Crippen molar-refractivity contribution >= 4 is 23.2 Å². The van der Waals surface area contributed by atoms with E-state index < -0.39 is 16.6 Å². The number of rotatable bonds is 7. The first kappa shape index (κ1) is 21.7. The highest BCUT2D eigenvalue weighted by molar-refractivity contribution is 5.97. The molecule has 0 saturated carbocycles. The standard InChI is InChI=1S/C22H22N4O5/c1-14(2)15-9-11-16(12-10-15)31-21-19(26(28)29)20(23-13-24-21)25(3)18-8-6-5-7-17(18)22(27)30-4/h5-14H,1-4H3. The molecular weight excluding hydrogens is 400 g/mol. The Morgan fingerprint density at radius 3 is 2.39 bits per heavy atom. The van der Waals surface area contributed by atoms with Crippen molar-refractivity contribution in [3.63, 3.8) is 0 Å². The summed E-state index contributed by atoms with van der Waals surface area (Å²) in [5, 5.41) is 11.9. The minimum absolute atomic E-state index is 0.0230. The van der Waals surface area contributed by atoms with Crippen LogP contribution in [0, 0.1) is 10.1 Å². The second-order valence-electron chi connectivity index (χ2n) is 7.00. The van der Waals surface area contributed by atoms with Crippen LogP contribution in [0.15, 0.2) is 54.9 Å². The summed E-state index contributed by atoms with van der Waals surface area (Å²) in [5.41, 5.74) is 1.33. The lowest BCUT2D eigenvalue weighted by molar-refractivity contribution is -0.385. The van der Waals surface area contributed by atoms with Crippen LogP contribution < -0.4 is 9.64 Å². The second-order valence-corrected chi connectivity index (χ2v) is 7.00. The van der Waals surface area contributed by atoms with Crippen LogP contribution in [0.3, 0.4) is 0 Å². The molecule has 2 aromatic carbocycles. The van der Waals surface area contributed by atoms with E-state index >= 15 is 0 Å². The maximum absolute atomic E-state index is 12.1. The fourth-order valence-electron chi connectivity index (χ4n) is 3.03. The Balaban J connectivity index is 2.03. The van der Waals surface area contributed by atoms with Crippen molar-refractivity contribution in [2.75, 3.05) is 19.1 Å². The Labute approximate surface area is 179 Å². The fourth-order valence-corrected chi connectivity index (χ4v) is 3.03. The lowest BCUT2D eigenvalue weighted by atomic mass is 10.0. The summed E-state index contributed by atoms with van der Waals surface area (Å²) in [6.07, 6.45) is 1.18. The van der Waals surface area contributed by atoms with Crippen LogP contribution in [0.2, 0.25) is 0 Å². The predicted molar refractivity (Wildman–Crippen MR) is 115 cm³/mol. The zero-order chi connectivity index (χ0) is 22.5. The molecule has 0 amide bonds. The normalized spacial score (nSPS) is 10.6. The highest BCUT2D eigenvalue weighted by Gasteiger charge is 2.29. The Morgan fingerprint density at radius 2 is 1.77 bits per heavy atom. The van der Waals surface area contributed by atoms with Crippen molar-refractivity contribution in [2.45, 2.75) is 19.8 Å². The molecule has 0 atom stereocenters. The first-order chi connectivity index (χ1) is 14.8. The average Bonchev–Trinajstić information content (AvgIpc) is 2.78. The zero-order valence-corrected chi connectivity index (χ0v) is 17.6. The van der Waals surface area contributed by atoms with E-state index in [1.54, 1.807) is 43.4 Å². The SMILES string of the molecule is COC(=O)c1ccccc1N(C)c1ncnc(Oc2ccc(C(C)C)cc2)c1[N+](=O)[O-]. The number of aromatic nitrogens is 2. The molecule has 0 aliphatic rings. The predicted octanol–water partition coefficient (Wildman–Crippen LogP) is 4.86. The third-order valence-electron chi connectivity index (χ3n) is 4.70. The van der Waals surface area contributed by atoms with E-state index in [0.29, 0.717) is 17.4 Å². The highest BCUT2D eigenvalue weighted by Crippen LogP contribution is 2.39. The van der Waals surface area contributed by atoms with Gasteiger partial charge >= 0.3 is 17.5 Å². The number of benzene rings is 2. The highest BCUT2D eigenvalue weighted by atomic mass is 16.6. The number of carbonyl (C=O) groups is 1. The first-order valence-electron chi connectivity index (χ1n) is 9.51. The summed E-state index contributed by atoms with van der Waals surface area (Å²) in [4.78, 5) is 32.9. The largest absolute Gasteiger partial charge is 0.465 e. The number of methoxy groups -OCH3 is 1. The van der Waals surface area contributed by atoms with Gasteiger partial charge in [-0.25, -0.2) is 9.78 Å². The fraction of sp³-hybridized carbons (Fsp3) is 0.227. The molecule has 0 aliphatic heterocycles. The third kappa shape index (κ3) is 4.61. The molecule has 0 saturated heterocycles. The molecule has 3 rings (SSSR count). The number of hydrogen-bond acceptors (Lipinski definition) is 8. The topological polar surface area (TPSA) is 108 Å². The average molecular weight is 422 g/mol. The van der Waals surface area contributed by atoms with Gasteiger partial charge in [0.1, 0.15) is 12.1 Å². The number of ether oxygens (including phenoxy) is 2. The Morgan fingerprint density at radius 1 is 1.10 bits per heavy atom. The van der Waals surface area contributed by atoms with Crippen molar-refractivity contribution in [2.24, 2.45) is 0 Å². The van der Waals surface area contributed by atoms with Crippen LogP contribution in [-0.2, 0) is 4.74 Å². The third-order valence-corrected chi connectivity index (χ3v) is 4.70. The molecule has 160 valence electrons. The van der Waals surface area contributed by atoms with Gasteiger partial charge in [0.15, 0.2) is 0 Å². The molecule has 31 heavy (non-hydrogen) atoms. The molecule has 0 N–H and O–H groups in total. The molecular formula is C22H22N4O5. The number of esters is 1. The molecule has 0 spiro atoms. The van der Waals surface area contributed by atoms with Crippen LogP contribution in [-0.4, -0.2) is 35.0 Å². The van der Waals surface area contributed by atoms with E-state index in [1.807, 2.05) is 12.1 Å². The molecule has 9 heteroatoms. The molecule has 1 aromatic heterocycles. The first-order valence-corrected chi connectivity index (χ1v) is 9.51. The molecule has 0 bridgehead atoms. The van der Waals surface area contributed by atoms with E-state index in [4.69, 9.17) is 9.47 Å². The maximum atomic E-state index is 12.1. The Hall–Kier alpha value is -4.01. The van der Waals surface area contributed by atoms with Crippen molar-refractivity contribution < 1.29 is 19.2 Å². The van der Waals surface area contributed by atoms with E-state index in [-0.39, 0.29) is 17.3 Å². The van der Waals surface area contributed by atoms with Crippen molar-refractivity contribution in [1.82, 2.24) is 9.97 Å². The van der Waals surface area contributed by atoms with E-state index in [1.165, 1.54) is 18.3 Å². The summed E-state index contributed by atoms with van der Waals surface area (Å²) in [6, 6.07) is 13.8. The summed E-state index contributed by atoms with van der Waals surface area (Å²) in [5.74, 6) is -0.0342. The molecule has 3 aromatic rings. The van der Waals surface area contributed by atoms with Gasteiger partial charge in [-0.05, 0) is 35.7 Å². The van der Waals surface area contributed by atoms with E-state index in [9.17, 15) is 14.9 Å². The van der Waals surface area contributed by atoms with E-state index in [2.05, 4.69) is 23.8 Å².